The smallest absolute Gasteiger partial charge is 0.131 e. The largest absolute Gasteiger partial charge is 0.508 e. The van der Waals surface area contributed by atoms with E-state index in [-0.39, 0.29) is 5.75 Å². The molecule has 3 nitrogen and oxygen atoms in total. The Kier molecular flexibility index (Phi) is 2.02. The van der Waals surface area contributed by atoms with Gasteiger partial charge in [-0.2, -0.15) is 5.26 Å². The standard InChI is InChI=1S/C10H7NO2S/c1-13-9-2-6(12)3-10-8(9)4-7(5-11)14-10/h2-4,12H,1H3. The van der Waals surface area contributed by atoms with Crippen LogP contribution in [0, 0.1) is 11.3 Å². The average Bonchev–Trinajstić information content (AvgIpc) is 2.59. The lowest BCUT2D eigenvalue weighted by molar-refractivity contribution is 0.413. The Balaban J connectivity index is 2.79. The number of nitrogens with zero attached hydrogens (tertiary/aromatic N) is 1. The van der Waals surface area contributed by atoms with E-state index < -0.39 is 0 Å². The van der Waals surface area contributed by atoms with Crippen LogP contribution in [-0.4, -0.2) is 12.2 Å². The molecular weight excluding hydrogens is 198 g/mol. The summed E-state index contributed by atoms with van der Waals surface area (Å²) in [6.45, 7) is 0. The van der Waals surface area contributed by atoms with E-state index in [1.54, 1.807) is 12.1 Å². The zero-order valence-corrected chi connectivity index (χ0v) is 8.26. The summed E-state index contributed by atoms with van der Waals surface area (Å²) in [5, 5.41) is 19.0. The van der Waals surface area contributed by atoms with Crippen LogP contribution in [0.15, 0.2) is 18.2 Å². The maximum atomic E-state index is 9.37. The first-order valence-electron chi connectivity index (χ1n) is 3.95. The molecule has 0 spiro atoms. The molecule has 0 bridgehead atoms. The minimum atomic E-state index is 0.153. The molecule has 0 aliphatic heterocycles. The minimum absolute atomic E-state index is 0.153. The first-order valence-corrected chi connectivity index (χ1v) is 4.77. The summed E-state index contributed by atoms with van der Waals surface area (Å²) in [6.07, 6.45) is 0. The third kappa shape index (κ3) is 1.28. The van der Waals surface area contributed by atoms with Gasteiger partial charge in [0.15, 0.2) is 0 Å². The topological polar surface area (TPSA) is 53.2 Å². The van der Waals surface area contributed by atoms with Crippen molar-refractivity contribution in [2.75, 3.05) is 7.11 Å². The van der Waals surface area contributed by atoms with Crippen molar-refractivity contribution in [2.45, 2.75) is 0 Å². The number of aromatic hydroxyl groups is 1. The predicted molar refractivity (Wildman–Crippen MR) is 54.8 cm³/mol. The quantitative estimate of drug-likeness (QED) is 0.778. The Morgan fingerprint density at radius 1 is 1.43 bits per heavy atom. The fourth-order valence-corrected chi connectivity index (χ4v) is 2.23. The van der Waals surface area contributed by atoms with E-state index in [1.807, 2.05) is 0 Å². The van der Waals surface area contributed by atoms with E-state index in [2.05, 4.69) is 6.07 Å². The zero-order chi connectivity index (χ0) is 10.1. The molecule has 0 atom stereocenters. The highest BCUT2D eigenvalue weighted by atomic mass is 32.1. The first kappa shape index (κ1) is 8.85. The van der Waals surface area contributed by atoms with Gasteiger partial charge in [-0.3, -0.25) is 0 Å². The lowest BCUT2D eigenvalue weighted by Crippen LogP contribution is -1.82. The summed E-state index contributed by atoms with van der Waals surface area (Å²) >= 11 is 1.34. The fourth-order valence-electron chi connectivity index (χ4n) is 1.32. The Morgan fingerprint density at radius 3 is 2.86 bits per heavy atom. The van der Waals surface area contributed by atoms with Gasteiger partial charge in [0.25, 0.3) is 0 Å². The zero-order valence-electron chi connectivity index (χ0n) is 7.44. The molecule has 0 radical (unpaired) electrons. The van der Waals surface area contributed by atoms with Crippen LogP contribution in [0.5, 0.6) is 11.5 Å². The number of rotatable bonds is 1. The van der Waals surface area contributed by atoms with Crippen LogP contribution in [0.2, 0.25) is 0 Å². The van der Waals surface area contributed by atoms with E-state index in [1.165, 1.54) is 24.5 Å². The lowest BCUT2D eigenvalue weighted by Gasteiger charge is -2.01. The molecule has 0 saturated carbocycles. The number of methoxy groups -OCH3 is 1. The van der Waals surface area contributed by atoms with Crippen LogP contribution in [0.3, 0.4) is 0 Å². The molecule has 1 aromatic heterocycles. The third-order valence-electron chi connectivity index (χ3n) is 1.91. The summed E-state index contributed by atoms with van der Waals surface area (Å²) in [6, 6.07) is 7.00. The number of phenols is 1. The van der Waals surface area contributed by atoms with Crippen molar-refractivity contribution in [3.8, 4) is 17.6 Å². The minimum Gasteiger partial charge on any atom is -0.508 e. The van der Waals surface area contributed by atoms with E-state index in [9.17, 15) is 5.11 Å². The van der Waals surface area contributed by atoms with Gasteiger partial charge in [-0.25, -0.2) is 0 Å². The van der Waals surface area contributed by atoms with Crippen molar-refractivity contribution in [2.24, 2.45) is 0 Å². The molecule has 0 aliphatic carbocycles. The first-order chi connectivity index (χ1) is 6.74. The Hall–Kier alpha value is -1.73. The number of hydrogen-bond donors (Lipinski definition) is 1. The van der Waals surface area contributed by atoms with Crippen molar-refractivity contribution < 1.29 is 9.84 Å². The second kappa shape index (κ2) is 3.20. The number of phenolic OH excluding ortho intramolecular Hbond substituents is 1. The molecule has 0 saturated heterocycles. The monoisotopic (exact) mass is 205 g/mol. The van der Waals surface area contributed by atoms with Crippen LogP contribution in [-0.2, 0) is 0 Å². The molecule has 14 heavy (non-hydrogen) atoms. The predicted octanol–water partition coefficient (Wildman–Crippen LogP) is 2.49. The molecule has 0 fully saturated rings. The molecule has 0 unspecified atom stereocenters. The van der Waals surface area contributed by atoms with Crippen molar-refractivity contribution >= 4 is 21.4 Å². The van der Waals surface area contributed by atoms with Gasteiger partial charge >= 0.3 is 0 Å². The number of thiophene rings is 1. The van der Waals surface area contributed by atoms with Gasteiger partial charge < -0.3 is 9.84 Å². The molecule has 4 heteroatoms. The number of nitriles is 1. The molecule has 2 aromatic rings. The summed E-state index contributed by atoms with van der Waals surface area (Å²) in [7, 11) is 1.54. The molecule has 0 aliphatic rings. The van der Waals surface area contributed by atoms with Gasteiger partial charge in [-0.1, -0.05) is 0 Å². The molecule has 70 valence electrons. The van der Waals surface area contributed by atoms with E-state index in [0.717, 1.165) is 10.1 Å². The molecule has 0 amide bonds. The van der Waals surface area contributed by atoms with E-state index in [0.29, 0.717) is 10.6 Å². The average molecular weight is 205 g/mol. The number of fused-ring (bicyclic) bond motifs is 1. The van der Waals surface area contributed by atoms with Crippen LogP contribution in [0.1, 0.15) is 4.88 Å². The Labute approximate surface area is 84.8 Å². The second-order valence-electron chi connectivity index (χ2n) is 2.78. The van der Waals surface area contributed by atoms with Gasteiger partial charge in [-0.15, -0.1) is 11.3 Å². The summed E-state index contributed by atoms with van der Waals surface area (Å²) < 4.78 is 5.96. The SMILES string of the molecule is COc1cc(O)cc2sc(C#N)cc12. The number of hydrogen-bond acceptors (Lipinski definition) is 4. The summed E-state index contributed by atoms with van der Waals surface area (Å²) in [5.41, 5.74) is 0. The second-order valence-corrected chi connectivity index (χ2v) is 3.87. The summed E-state index contributed by atoms with van der Waals surface area (Å²) in [5.74, 6) is 0.749. The number of benzene rings is 1. The van der Waals surface area contributed by atoms with Crippen LogP contribution in [0.4, 0.5) is 0 Å². The van der Waals surface area contributed by atoms with E-state index >= 15 is 0 Å². The molecule has 1 aromatic carbocycles. The highest BCUT2D eigenvalue weighted by molar-refractivity contribution is 7.19. The number of ether oxygens (including phenoxy) is 1. The molecule has 1 heterocycles. The highest BCUT2D eigenvalue weighted by Gasteiger charge is 2.08. The van der Waals surface area contributed by atoms with Gasteiger partial charge in [0, 0.05) is 16.2 Å². The maximum Gasteiger partial charge on any atom is 0.131 e. The third-order valence-corrected chi connectivity index (χ3v) is 2.90. The summed E-state index contributed by atoms with van der Waals surface area (Å²) in [4.78, 5) is 0.615. The van der Waals surface area contributed by atoms with Crippen LogP contribution < -0.4 is 4.74 Å². The highest BCUT2D eigenvalue weighted by Crippen LogP contribution is 2.35. The van der Waals surface area contributed by atoms with Gasteiger partial charge in [0.2, 0.25) is 0 Å². The lowest BCUT2D eigenvalue weighted by atomic mass is 10.2. The van der Waals surface area contributed by atoms with Crippen molar-refractivity contribution in [1.82, 2.24) is 0 Å². The maximum absolute atomic E-state index is 9.37. The normalized spacial score (nSPS) is 10.0. The Morgan fingerprint density at radius 2 is 2.21 bits per heavy atom. The molecular formula is C10H7NO2S. The van der Waals surface area contributed by atoms with Gasteiger partial charge in [0.1, 0.15) is 22.4 Å². The van der Waals surface area contributed by atoms with Crippen molar-refractivity contribution in [1.29, 1.82) is 5.26 Å². The van der Waals surface area contributed by atoms with Crippen molar-refractivity contribution in [3.63, 3.8) is 0 Å². The van der Waals surface area contributed by atoms with Crippen LogP contribution >= 0.6 is 11.3 Å². The Bertz CT molecular complexity index is 525. The van der Waals surface area contributed by atoms with Crippen molar-refractivity contribution in [3.05, 3.63) is 23.1 Å². The van der Waals surface area contributed by atoms with Gasteiger partial charge in [0.05, 0.1) is 7.11 Å². The van der Waals surface area contributed by atoms with Gasteiger partial charge in [-0.05, 0) is 12.1 Å². The molecule has 1 N–H and O–H groups in total. The van der Waals surface area contributed by atoms with Crippen LogP contribution in [0.25, 0.3) is 10.1 Å². The van der Waals surface area contributed by atoms with E-state index in [4.69, 9.17) is 10.00 Å². The molecule has 2 rings (SSSR count). The fraction of sp³-hybridized carbons (Fsp3) is 0.100.